The molecule has 162 valence electrons. The summed E-state index contributed by atoms with van der Waals surface area (Å²) in [4.78, 5) is 9.73. The van der Waals surface area contributed by atoms with Gasteiger partial charge in [-0.3, -0.25) is 4.90 Å². The number of nitrogens with zero attached hydrogens (tertiary/aromatic N) is 6. The largest absolute Gasteiger partial charge is 0.356 e. The van der Waals surface area contributed by atoms with Crippen molar-refractivity contribution >= 4 is 12.0 Å². The molecule has 0 amide bonds. The summed E-state index contributed by atoms with van der Waals surface area (Å²) in [6.45, 7) is 10.7. The minimum atomic E-state index is 0.547. The summed E-state index contributed by atoms with van der Waals surface area (Å²) in [5.41, 5.74) is 1.25. The summed E-state index contributed by atoms with van der Waals surface area (Å²) in [6, 6.07) is 10.5. The van der Waals surface area contributed by atoms with Crippen molar-refractivity contribution < 1.29 is 0 Å². The van der Waals surface area contributed by atoms with Gasteiger partial charge in [-0.15, -0.1) is 10.2 Å². The fraction of sp³-hybridized carbons (Fsp3) is 0.522. The van der Waals surface area contributed by atoms with Gasteiger partial charge in [0.2, 0.25) is 0 Å². The number of hydrogen-bond donors (Lipinski definition) is 1. The third-order valence-corrected chi connectivity index (χ3v) is 5.51. The van der Waals surface area contributed by atoms with Gasteiger partial charge in [0.25, 0.3) is 0 Å². The van der Waals surface area contributed by atoms with Crippen LogP contribution >= 0.6 is 0 Å². The predicted molar refractivity (Wildman–Crippen MR) is 123 cm³/mol. The highest BCUT2D eigenvalue weighted by Gasteiger charge is 2.19. The predicted octanol–water partition coefficient (Wildman–Crippen LogP) is 2.70. The molecule has 0 aliphatic carbocycles. The van der Waals surface area contributed by atoms with Gasteiger partial charge in [-0.05, 0) is 18.9 Å². The number of benzene rings is 1. The Hall–Kier alpha value is -2.67. The number of piperazine rings is 1. The molecule has 7 nitrogen and oxygen atoms in total. The third-order valence-electron chi connectivity index (χ3n) is 5.51. The van der Waals surface area contributed by atoms with Gasteiger partial charge in [0.15, 0.2) is 11.8 Å². The molecule has 1 fully saturated rings. The van der Waals surface area contributed by atoms with Gasteiger partial charge in [-0.2, -0.15) is 0 Å². The Labute approximate surface area is 180 Å². The Morgan fingerprint density at radius 2 is 1.90 bits per heavy atom. The molecule has 1 aromatic heterocycles. The Morgan fingerprint density at radius 1 is 1.13 bits per heavy atom. The molecule has 30 heavy (non-hydrogen) atoms. The molecule has 1 aliphatic heterocycles. The van der Waals surface area contributed by atoms with Crippen LogP contribution in [0.3, 0.4) is 0 Å². The lowest BCUT2D eigenvalue weighted by Gasteiger charge is -2.36. The maximum absolute atomic E-state index is 4.87. The van der Waals surface area contributed by atoms with Gasteiger partial charge in [0, 0.05) is 46.3 Å². The highest BCUT2D eigenvalue weighted by Crippen LogP contribution is 2.06. The molecule has 0 atom stereocenters. The molecular formula is C23H35N7. The number of hydrogen-bond acceptors (Lipinski definition) is 4. The lowest BCUT2D eigenvalue weighted by atomic mass is 10.2. The first-order valence-electron chi connectivity index (χ1n) is 11.0. The van der Waals surface area contributed by atoms with E-state index in [1.165, 1.54) is 12.0 Å². The van der Waals surface area contributed by atoms with E-state index in [1.54, 1.807) is 0 Å². The smallest absolute Gasteiger partial charge is 0.194 e. The van der Waals surface area contributed by atoms with E-state index in [2.05, 4.69) is 74.7 Å². The summed E-state index contributed by atoms with van der Waals surface area (Å²) >= 11 is 0. The monoisotopic (exact) mass is 409 g/mol. The van der Waals surface area contributed by atoms with Crippen molar-refractivity contribution in [1.29, 1.82) is 0 Å². The zero-order chi connectivity index (χ0) is 21.2. The molecule has 2 aromatic rings. The Bertz CT molecular complexity index is 817. The number of aryl methyl sites for hydroxylation is 1. The fourth-order valence-corrected chi connectivity index (χ4v) is 3.42. The second-order valence-corrected chi connectivity index (χ2v) is 7.74. The number of rotatable bonds is 8. The zero-order valence-electron chi connectivity index (χ0n) is 18.6. The maximum atomic E-state index is 4.87. The average molecular weight is 410 g/mol. The highest BCUT2D eigenvalue weighted by atomic mass is 15.4. The molecule has 1 saturated heterocycles. The number of aromatic nitrogens is 3. The topological polar surface area (TPSA) is 61.6 Å². The van der Waals surface area contributed by atoms with Crippen molar-refractivity contribution in [1.82, 2.24) is 29.9 Å². The Kier molecular flexibility index (Phi) is 8.44. The molecule has 0 bridgehead atoms. The van der Waals surface area contributed by atoms with Gasteiger partial charge in [0.1, 0.15) is 12.4 Å². The number of nitrogens with one attached hydrogen (secondary N) is 1. The molecule has 1 aromatic carbocycles. The van der Waals surface area contributed by atoms with Crippen LogP contribution in [-0.2, 0) is 13.6 Å². The molecular weight excluding hydrogens is 374 g/mol. The van der Waals surface area contributed by atoms with E-state index in [0.29, 0.717) is 6.54 Å². The molecule has 3 rings (SSSR count). The van der Waals surface area contributed by atoms with Crippen molar-refractivity contribution in [3.63, 3.8) is 0 Å². The average Bonchev–Trinajstić information content (AvgIpc) is 3.10. The van der Waals surface area contributed by atoms with Gasteiger partial charge in [-0.1, -0.05) is 55.8 Å². The van der Waals surface area contributed by atoms with Gasteiger partial charge < -0.3 is 14.8 Å². The normalized spacial score (nSPS) is 15.8. The molecule has 0 spiro atoms. The Balaban J connectivity index is 1.53. The van der Waals surface area contributed by atoms with E-state index in [4.69, 9.17) is 4.99 Å². The lowest BCUT2D eigenvalue weighted by molar-refractivity contribution is 0.194. The third kappa shape index (κ3) is 6.42. The second-order valence-electron chi connectivity index (χ2n) is 7.74. The highest BCUT2D eigenvalue weighted by molar-refractivity contribution is 5.80. The standard InChI is InChI=1S/C23H35N7/c1-4-5-13-24-23(25-19-22-27-26-20(2)28(22)3)30-17-15-29(16-18-30)14-9-12-21-10-7-6-8-11-21/h6-12H,4-5,13-19H2,1-3H3,(H,24,25)/b12-9+. The molecule has 1 aliphatic rings. The second kappa shape index (κ2) is 11.5. The Morgan fingerprint density at radius 3 is 2.57 bits per heavy atom. The van der Waals surface area contributed by atoms with Crippen molar-refractivity contribution in [2.24, 2.45) is 12.0 Å². The minimum Gasteiger partial charge on any atom is -0.356 e. The van der Waals surface area contributed by atoms with Crippen LogP contribution < -0.4 is 5.32 Å². The summed E-state index contributed by atoms with van der Waals surface area (Å²) in [5, 5.41) is 11.9. The lowest BCUT2D eigenvalue weighted by Crippen LogP contribution is -2.52. The summed E-state index contributed by atoms with van der Waals surface area (Å²) in [5.74, 6) is 2.80. The van der Waals surface area contributed by atoms with Crippen LogP contribution in [0.15, 0.2) is 41.4 Å². The van der Waals surface area contributed by atoms with E-state index in [-0.39, 0.29) is 0 Å². The summed E-state index contributed by atoms with van der Waals surface area (Å²) in [7, 11) is 1.99. The van der Waals surface area contributed by atoms with E-state index in [0.717, 1.165) is 63.3 Å². The SMILES string of the molecule is CCCCNC(=NCc1nnc(C)n1C)N1CCN(C/C=C/c2ccccc2)CC1. The summed E-state index contributed by atoms with van der Waals surface area (Å²) < 4.78 is 2.00. The van der Waals surface area contributed by atoms with Crippen LogP contribution in [-0.4, -0.2) is 69.8 Å². The van der Waals surface area contributed by atoms with Gasteiger partial charge in [-0.25, -0.2) is 4.99 Å². The minimum absolute atomic E-state index is 0.547. The number of guanidine groups is 1. The molecule has 0 unspecified atom stereocenters. The fourth-order valence-electron chi connectivity index (χ4n) is 3.42. The molecule has 1 N–H and O–H groups in total. The van der Waals surface area contributed by atoms with Crippen LogP contribution in [0.1, 0.15) is 37.0 Å². The van der Waals surface area contributed by atoms with E-state index in [9.17, 15) is 0 Å². The van der Waals surface area contributed by atoms with Crippen molar-refractivity contribution in [2.45, 2.75) is 33.2 Å². The van der Waals surface area contributed by atoms with Gasteiger partial charge in [0.05, 0.1) is 0 Å². The van der Waals surface area contributed by atoms with Crippen molar-refractivity contribution in [2.75, 3.05) is 39.3 Å². The van der Waals surface area contributed by atoms with Crippen LogP contribution in [0.25, 0.3) is 6.08 Å². The maximum Gasteiger partial charge on any atom is 0.194 e. The van der Waals surface area contributed by atoms with Crippen molar-refractivity contribution in [3.8, 4) is 0 Å². The van der Waals surface area contributed by atoms with Crippen LogP contribution in [0.4, 0.5) is 0 Å². The number of unbranched alkanes of at least 4 members (excludes halogenated alkanes) is 1. The quantitative estimate of drug-likeness (QED) is 0.413. The van der Waals surface area contributed by atoms with Crippen LogP contribution in [0, 0.1) is 6.92 Å². The first-order chi connectivity index (χ1) is 14.7. The molecule has 0 saturated carbocycles. The molecule has 2 heterocycles. The van der Waals surface area contributed by atoms with Crippen LogP contribution in [0.2, 0.25) is 0 Å². The van der Waals surface area contributed by atoms with E-state index in [1.807, 2.05) is 18.5 Å². The first-order valence-corrected chi connectivity index (χ1v) is 11.0. The zero-order valence-corrected chi connectivity index (χ0v) is 18.6. The van der Waals surface area contributed by atoms with E-state index >= 15 is 0 Å². The van der Waals surface area contributed by atoms with E-state index < -0.39 is 0 Å². The van der Waals surface area contributed by atoms with Gasteiger partial charge >= 0.3 is 0 Å². The first kappa shape index (κ1) is 22.0. The molecule has 0 radical (unpaired) electrons. The number of aliphatic imine (C=N–C) groups is 1. The van der Waals surface area contributed by atoms with Crippen molar-refractivity contribution in [3.05, 3.63) is 53.6 Å². The van der Waals surface area contributed by atoms with Crippen LogP contribution in [0.5, 0.6) is 0 Å². The molecule has 7 heteroatoms. The summed E-state index contributed by atoms with van der Waals surface area (Å²) in [6.07, 6.45) is 6.78.